The van der Waals surface area contributed by atoms with E-state index in [4.69, 9.17) is 0 Å². The minimum Gasteiger partial charge on any atom is -1.00 e. The summed E-state index contributed by atoms with van der Waals surface area (Å²) >= 11 is 0. The Morgan fingerprint density at radius 1 is 0.386 bits per heavy atom. The molecule has 0 unspecified atom stereocenters. The lowest BCUT2D eigenvalue weighted by Gasteiger charge is -2.29. The molecule has 0 aliphatic carbocycles. The molecule has 0 aromatic heterocycles. The molecule has 6 rings (SSSR count). The number of allylic oxidation sites excluding steroid dienone is 1. The van der Waals surface area contributed by atoms with E-state index in [1.54, 1.807) is 0 Å². The van der Waals surface area contributed by atoms with Gasteiger partial charge in [-0.05, 0) is 79.7 Å². The fourth-order valence-corrected chi connectivity index (χ4v) is 14.7. The zero-order valence-corrected chi connectivity index (χ0v) is 28.1. The molecule has 6 aromatic rings. The Balaban J connectivity index is 0.00000221. The van der Waals surface area contributed by atoms with Crippen molar-refractivity contribution in [2.45, 2.75) is 6.92 Å². The highest BCUT2D eigenvalue weighted by molar-refractivity contribution is 7.98. The van der Waals surface area contributed by atoms with Gasteiger partial charge in [0.1, 0.15) is 46.4 Å². The summed E-state index contributed by atoms with van der Waals surface area (Å²) in [6, 6.07) is 67.1. The quantitative estimate of drug-likeness (QED) is 0.210. The molecular formula is C40H36Cl2P2. The molecule has 0 nitrogen and oxygen atoms in total. The van der Waals surface area contributed by atoms with Crippen LogP contribution in [0.15, 0.2) is 193 Å². The van der Waals surface area contributed by atoms with Crippen molar-refractivity contribution in [3.05, 3.63) is 193 Å². The number of hydrogen-bond donors (Lipinski definition) is 0. The van der Waals surface area contributed by atoms with E-state index in [2.05, 4.69) is 195 Å². The summed E-state index contributed by atoms with van der Waals surface area (Å²) in [5, 5.41) is 8.38. The van der Waals surface area contributed by atoms with Crippen LogP contribution in [0.1, 0.15) is 6.92 Å². The summed E-state index contributed by atoms with van der Waals surface area (Å²) in [5.41, 5.74) is 1.42. The van der Waals surface area contributed by atoms with Gasteiger partial charge in [0, 0.05) is 5.57 Å². The molecule has 0 heterocycles. The predicted molar refractivity (Wildman–Crippen MR) is 189 cm³/mol. The lowest BCUT2D eigenvalue weighted by atomic mass is 10.3. The topological polar surface area (TPSA) is 0 Å². The Bertz CT molecular complexity index is 1530. The van der Waals surface area contributed by atoms with Gasteiger partial charge in [-0.2, -0.15) is 0 Å². The Hall–Kier alpha value is -3.50. The first-order valence-corrected chi connectivity index (χ1v) is 18.4. The standard InChI is InChI=1S/C40H36P2.2ClH/c1-34(32-41(35-20-8-2-9-21-35,36-22-10-3-11-23-36)37-24-12-4-13-25-37)33-42(38-26-14-5-15-27-38,39-28-16-6-17-29-39)40-30-18-7-19-31-40;;/h2-32H,33H2,1H3;2*1H/q+2;;/p-2/b34-32+;;. The first kappa shape index (κ1) is 33.4. The molecular weight excluding hydrogens is 613 g/mol. The molecule has 0 aliphatic rings. The van der Waals surface area contributed by atoms with Crippen molar-refractivity contribution in [2.75, 3.05) is 6.16 Å². The maximum atomic E-state index is 2.66. The molecule has 220 valence electrons. The molecule has 0 atom stereocenters. The zero-order chi connectivity index (χ0) is 28.7. The van der Waals surface area contributed by atoms with Crippen molar-refractivity contribution in [2.24, 2.45) is 0 Å². The fourth-order valence-electron chi connectivity index (χ4n) is 6.17. The van der Waals surface area contributed by atoms with Gasteiger partial charge in [-0.25, -0.2) is 0 Å². The summed E-state index contributed by atoms with van der Waals surface area (Å²) in [4.78, 5) is 0. The van der Waals surface area contributed by atoms with E-state index in [1.807, 2.05) is 0 Å². The van der Waals surface area contributed by atoms with Crippen molar-refractivity contribution in [1.29, 1.82) is 0 Å². The van der Waals surface area contributed by atoms with Crippen molar-refractivity contribution >= 4 is 46.4 Å². The zero-order valence-electron chi connectivity index (χ0n) is 24.8. The van der Waals surface area contributed by atoms with Crippen molar-refractivity contribution in [1.82, 2.24) is 0 Å². The van der Waals surface area contributed by atoms with Crippen LogP contribution in [-0.4, -0.2) is 6.16 Å². The average molecular weight is 650 g/mol. The van der Waals surface area contributed by atoms with Gasteiger partial charge in [0.25, 0.3) is 0 Å². The molecule has 0 saturated carbocycles. The van der Waals surface area contributed by atoms with Crippen LogP contribution in [-0.2, 0) is 0 Å². The molecule has 0 radical (unpaired) electrons. The molecule has 4 heteroatoms. The monoisotopic (exact) mass is 648 g/mol. The number of benzene rings is 6. The van der Waals surface area contributed by atoms with Crippen LogP contribution in [0.4, 0.5) is 0 Å². The molecule has 0 bridgehead atoms. The summed E-state index contributed by atoms with van der Waals surface area (Å²) < 4.78 is 0. The second kappa shape index (κ2) is 15.5. The normalized spacial score (nSPS) is 11.6. The Labute approximate surface area is 276 Å². The lowest BCUT2D eigenvalue weighted by Crippen LogP contribution is -3.00. The molecule has 0 spiro atoms. The summed E-state index contributed by atoms with van der Waals surface area (Å²) in [6.07, 6.45) is 0.972. The third kappa shape index (κ3) is 6.61. The summed E-state index contributed by atoms with van der Waals surface area (Å²) in [5.74, 6) is 2.66. The second-order valence-corrected chi connectivity index (χ2v) is 17.4. The van der Waals surface area contributed by atoms with Gasteiger partial charge in [0.2, 0.25) is 0 Å². The highest BCUT2D eigenvalue weighted by atomic mass is 35.5. The number of rotatable bonds is 9. The van der Waals surface area contributed by atoms with Crippen LogP contribution in [0.5, 0.6) is 0 Å². The van der Waals surface area contributed by atoms with E-state index in [9.17, 15) is 0 Å². The van der Waals surface area contributed by atoms with E-state index >= 15 is 0 Å². The van der Waals surface area contributed by atoms with E-state index in [0.717, 1.165) is 6.16 Å². The van der Waals surface area contributed by atoms with Crippen molar-refractivity contribution in [3.8, 4) is 0 Å². The molecule has 0 amide bonds. The van der Waals surface area contributed by atoms with Gasteiger partial charge in [-0.15, -0.1) is 0 Å². The van der Waals surface area contributed by atoms with Crippen LogP contribution in [0, 0.1) is 0 Å². The highest BCUT2D eigenvalue weighted by Crippen LogP contribution is 2.61. The van der Waals surface area contributed by atoms with Crippen molar-refractivity contribution < 1.29 is 24.8 Å². The van der Waals surface area contributed by atoms with Gasteiger partial charge in [0.15, 0.2) is 0 Å². The minimum atomic E-state index is -2.11. The van der Waals surface area contributed by atoms with E-state index in [0.29, 0.717) is 0 Å². The summed E-state index contributed by atoms with van der Waals surface area (Å²) in [6.45, 7) is 2.37. The molecule has 0 N–H and O–H groups in total. The molecule has 44 heavy (non-hydrogen) atoms. The first-order chi connectivity index (χ1) is 20.7. The molecule has 0 saturated heterocycles. The highest BCUT2D eigenvalue weighted by Gasteiger charge is 2.48. The van der Waals surface area contributed by atoms with Crippen LogP contribution in [0.2, 0.25) is 0 Å². The average Bonchev–Trinajstić information content (AvgIpc) is 3.08. The van der Waals surface area contributed by atoms with Crippen LogP contribution in [0.25, 0.3) is 0 Å². The third-order valence-electron chi connectivity index (χ3n) is 7.98. The third-order valence-corrected chi connectivity index (χ3v) is 16.7. The largest absolute Gasteiger partial charge is 1.00 e. The van der Waals surface area contributed by atoms with Crippen LogP contribution < -0.4 is 56.6 Å². The number of halogens is 2. The maximum absolute atomic E-state index is 2.66. The van der Waals surface area contributed by atoms with Gasteiger partial charge in [-0.1, -0.05) is 109 Å². The van der Waals surface area contributed by atoms with Gasteiger partial charge in [-0.3, -0.25) is 0 Å². The van der Waals surface area contributed by atoms with Crippen molar-refractivity contribution in [3.63, 3.8) is 0 Å². The maximum Gasteiger partial charge on any atom is 0.137 e. The lowest BCUT2D eigenvalue weighted by molar-refractivity contribution is -0.001000. The second-order valence-electron chi connectivity index (χ2n) is 10.7. The fraction of sp³-hybridized carbons (Fsp3) is 0.0500. The van der Waals surface area contributed by atoms with E-state index in [-0.39, 0.29) is 24.8 Å². The summed E-state index contributed by atoms with van der Waals surface area (Å²) in [7, 11) is -4.14. The smallest absolute Gasteiger partial charge is 0.137 e. The Kier molecular flexibility index (Phi) is 11.7. The minimum absolute atomic E-state index is 0. The van der Waals surface area contributed by atoms with Gasteiger partial charge in [0.05, 0.1) is 12.0 Å². The predicted octanol–water partition coefficient (Wildman–Crippen LogP) is 1.89. The first-order valence-electron chi connectivity index (χ1n) is 14.5. The molecule has 0 fully saturated rings. The molecule has 0 aliphatic heterocycles. The van der Waals surface area contributed by atoms with Crippen LogP contribution >= 0.6 is 14.5 Å². The molecule has 6 aromatic carbocycles. The van der Waals surface area contributed by atoms with E-state index < -0.39 is 14.5 Å². The SMILES string of the molecule is C/C(=C\[P+](c1ccccc1)(c1ccccc1)c1ccccc1)C[P+](c1ccccc1)(c1ccccc1)c1ccccc1.[Cl-].[Cl-]. The Morgan fingerprint density at radius 3 is 0.864 bits per heavy atom. The van der Waals surface area contributed by atoms with Crippen LogP contribution in [0.3, 0.4) is 0 Å². The number of hydrogen-bond acceptors (Lipinski definition) is 0. The van der Waals surface area contributed by atoms with E-state index in [1.165, 1.54) is 37.4 Å². The van der Waals surface area contributed by atoms with Gasteiger partial charge >= 0.3 is 0 Å². The Morgan fingerprint density at radius 2 is 0.614 bits per heavy atom. The van der Waals surface area contributed by atoms with Gasteiger partial charge < -0.3 is 24.8 Å².